The van der Waals surface area contributed by atoms with Gasteiger partial charge in [-0.15, -0.1) is 0 Å². The van der Waals surface area contributed by atoms with Crippen LogP contribution in [0.3, 0.4) is 0 Å². The third-order valence-corrected chi connectivity index (χ3v) is 3.74. The van der Waals surface area contributed by atoms with E-state index in [-0.39, 0.29) is 6.04 Å². The Balaban J connectivity index is 2.46. The van der Waals surface area contributed by atoms with Crippen molar-refractivity contribution in [2.24, 2.45) is 0 Å². The second-order valence-electron chi connectivity index (χ2n) is 6.16. The van der Waals surface area contributed by atoms with Crippen molar-refractivity contribution < 1.29 is 13.9 Å². The number of benzene rings is 1. The number of aliphatic hydroxyl groups is 1. The molecule has 0 aliphatic rings. The number of likely N-dealkylation sites (N-methyl/N-ethyl adjacent to an activating group) is 1. The van der Waals surface area contributed by atoms with E-state index in [0.29, 0.717) is 29.9 Å². The molecule has 0 radical (unpaired) electrons. The standard InChI is InChI=1S/C16H23F2N3O/c1-5-20(10-16(3,4)22)11(2)14-19-12-8-6-7-9-13(12)21(14)15(17)18/h6-9,11,15,22H,5,10H2,1-4H3. The van der Waals surface area contributed by atoms with E-state index < -0.39 is 12.2 Å². The number of fused-ring (bicyclic) bond motifs is 1. The molecule has 0 amide bonds. The van der Waals surface area contributed by atoms with Gasteiger partial charge < -0.3 is 5.11 Å². The molecule has 0 aliphatic heterocycles. The molecule has 1 atom stereocenters. The maximum absolute atomic E-state index is 13.5. The Hall–Kier alpha value is -1.53. The second kappa shape index (κ2) is 6.30. The zero-order valence-electron chi connectivity index (χ0n) is 13.4. The molecule has 6 heteroatoms. The average Bonchev–Trinajstić information content (AvgIpc) is 2.82. The highest BCUT2D eigenvalue weighted by atomic mass is 19.3. The first-order valence-electron chi connectivity index (χ1n) is 7.46. The van der Waals surface area contributed by atoms with Crippen molar-refractivity contribution in [1.29, 1.82) is 0 Å². The van der Waals surface area contributed by atoms with Gasteiger partial charge in [-0.05, 0) is 39.4 Å². The Morgan fingerprint density at radius 3 is 2.50 bits per heavy atom. The van der Waals surface area contributed by atoms with E-state index >= 15 is 0 Å². The fraction of sp³-hybridized carbons (Fsp3) is 0.562. The van der Waals surface area contributed by atoms with Crippen LogP contribution >= 0.6 is 0 Å². The van der Waals surface area contributed by atoms with Crippen molar-refractivity contribution in [2.45, 2.75) is 45.9 Å². The SMILES string of the molecule is CCN(CC(C)(C)O)C(C)c1nc2ccccc2n1C(F)F. The Morgan fingerprint density at radius 1 is 1.32 bits per heavy atom. The summed E-state index contributed by atoms with van der Waals surface area (Å²) in [5.74, 6) is 0.322. The van der Waals surface area contributed by atoms with Gasteiger partial charge in [0, 0.05) is 6.54 Å². The lowest BCUT2D eigenvalue weighted by atomic mass is 10.1. The van der Waals surface area contributed by atoms with Crippen molar-refractivity contribution in [3.8, 4) is 0 Å². The van der Waals surface area contributed by atoms with Crippen LogP contribution in [0.5, 0.6) is 0 Å². The summed E-state index contributed by atoms with van der Waals surface area (Å²) in [7, 11) is 0. The Kier molecular flexibility index (Phi) is 4.82. The lowest BCUT2D eigenvalue weighted by Crippen LogP contribution is -2.40. The van der Waals surface area contributed by atoms with E-state index in [1.54, 1.807) is 38.1 Å². The highest BCUT2D eigenvalue weighted by Crippen LogP contribution is 2.29. The number of hydrogen-bond acceptors (Lipinski definition) is 3. The molecular weight excluding hydrogens is 288 g/mol. The van der Waals surface area contributed by atoms with E-state index in [0.717, 1.165) is 4.57 Å². The van der Waals surface area contributed by atoms with Gasteiger partial charge in [-0.25, -0.2) is 4.98 Å². The minimum Gasteiger partial charge on any atom is -0.389 e. The van der Waals surface area contributed by atoms with Crippen LogP contribution in [0.1, 0.15) is 46.1 Å². The first-order valence-corrected chi connectivity index (χ1v) is 7.46. The Labute approximate surface area is 129 Å². The first kappa shape index (κ1) is 16.8. The van der Waals surface area contributed by atoms with Gasteiger partial charge in [0.05, 0.1) is 22.7 Å². The summed E-state index contributed by atoms with van der Waals surface area (Å²) in [5, 5.41) is 10.0. The highest BCUT2D eigenvalue weighted by molar-refractivity contribution is 5.76. The van der Waals surface area contributed by atoms with Crippen LogP contribution in [0.25, 0.3) is 11.0 Å². The molecule has 122 valence electrons. The van der Waals surface area contributed by atoms with E-state index in [4.69, 9.17) is 0 Å². The monoisotopic (exact) mass is 311 g/mol. The minimum atomic E-state index is -2.65. The maximum Gasteiger partial charge on any atom is 0.320 e. The largest absolute Gasteiger partial charge is 0.389 e. The van der Waals surface area contributed by atoms with Crippen LogP contribution in [0.4, 0.5) is 8.78 Å². The number of imidazole rings is 1. The lowest BCUT2D eigenvalue weighted by molar-refractivity contribution is 0.0188. The van der Waals surface area contributed by atoms with Crippen LogP contribution in [-0.2, 0) is 0 Å². The quantitative estimate of drug-likeness (QED) is 0.886. The van der Waals surface area contributed by atoms with Crippen LogP contribution in [0.2, 0.25) is 0 Å². The zero-order chi connectivity index (χ0) is 16.5. The predicted molar refractivity (Wildman–Crippen MR) is 82.9 cm³/mol. The highest BCUT2D eigenvalue weighted by Gasteiger charge is 2.28. The van der Waals surface area contributed by atoms with Gasteiger partial charge in [-0.1, -0.05) is 19.1 Å². The van der Waals surface area contributed by atoms with Gasteiger partial charge in [0.2, 0.25) is 0 Å². The van der Waals surface area contributed by atoms with E-state index in [9.17, 15) is 13.9 Å². The van der Waals surface area contributed by atoms with Crippen molar-refractivity contribution in [3.05, 3.63) is 30.1 Å². The zero-order valence-corrected chi connectivity index (χ0v) is 13.4. The van der Waals surface area contributed by atoms with Crippen molar-refractivity contribution in [3.63, 3.8) is 0 Å². The smallest absolute Gasteiger partial charge is 0.320 e. The molecule has 0 saturated carbocycles. The van der Waals surface area contributed by atoms with E-state index in [1.807, 2.05) is 18.7 Å². The van der Waals surface area contributed by atoms with Crippen LogP contribution in [0, 0.1) is 0 Å². The summed E-state index contributed by atoms with van der Waals surface area (Å²) in [6.07, 6.45) is 0. The number of hydrogen-bond donors (Lipinski definition) is 1. The molecule has 1 aromatic heterocycles. The molecule has 0 spiro atoms. The van der Waals surface area contributed by atoms with Crippen LogP contribution in [-0.4, -0.2) is 38.2 Å². The number of nitrogens with zero attached hydrogens (tertiary/aromatic N) is 3. The third-order valence-electron chi connectivity index (χ3n) is 3.74. The van der Waals surface area contributed by atoms with Gasteiger partial charge in [0.25, 0.3) is 0 Å². The molecule has 2 aromatic rings. The van der Waals surface area contributed by atoms with E-state index in [1.165, 1.54) is 0 Å². The molecule has 1 N–H and O–H groups in total. The molecule has 1 unspecified atom stereocenters. The van der Waals surface area contributed by atoms with Gasteiger partial charge >= 0.3 is 6.55 Å². The summed E-state index contributed by atoms with van der Waals surface area (Å²) in [4.78, 5) is 6.34. The molecule has 0 bridgehead atoms. The number of para-hydroxylation sites is 2. The van der Waals surface area contributed by atoms with Crippen LogP contribution in [0.15, 0.2) is 24.3 Å². The maximum atomic E-state index is 13.5. The molecular formula is C16H23F2N3O. The number of rotatable bonds is 6. The third kappa shape index (κ3) is 3.44. The molecule has 2 rings (SSSR count). The molecule has 0 fully saturated rings. The summed E-state index contributed by atoms with van der Waals surface area (Å²) < 4.78 is 28.0. The number of aromatic nitrogens is 2. The van der Waals surface area contributed by atoms with Crippen molar-refractivity contribution in [1.82, 2.24) is 14.5 Å². The second-order valence-corrected chi connectivity index (χ2v) is 6.16. The fourth-order valence-electron chi connectivity index (χ4n) is 2.75. The predicted octanol–water partition coefficient (Wildman–Crippen LogP) is 3.59. The summed E-state index contributed by atoms with van der Waals surface area (Å²) in [6, 6.07) is 6.57. The Morgan fingerprint density at radius 2 is 1.95 bits per heavy atom. The molecule has 4 nitrogen and oxygen atoms in total. The van der Waals surface area contributed by atoms with Gasteiger partial charge in [0.15, 0.2) is 0 Å². The molecule has 1 aromatic carbocycles. The van der Waals surface area contributed by atoms with Gasteiger partial charge in [-0.3, -0.25) is 9.47 Å². The van der Waals surface area contributed by atoms with Crippen molar-refractivity contribution in [2.75, 3.05) is 13.1 Å². The summed E-state index contributed by atoms with van der Waals surface area (Å²) >= 11 is 0. The van der Waals surface area contributed by atoms with E-state index in [2.05, 4.69) is 4.98 Å². The number of halogens is 2. The first-order chi connectivity index (χ1) is 10.2. The molecule has 1 heterocycles. The molecule has 0 saturated heterocycles. The Bertz CT molecular complexity index is 634. The van der Waals surface area contributed by atoms with Crippen LogP contribution < -0.4 is 0 Å². The minimum absolute atomic E-state index is 0.321. The molecule has 0 aliphatic carbocycles. The van der Waals surface area contributed by atoms with Gasteiger partial charge in [0.1, 0.15) is 5.82 Å². The topological polar surface area (TPSA) is 41.3 Å². The summed E-state index contributed by atoms with van der Waals surface area (Å²) in [5.41, 5.74) is 0.0917. The molecule has 22 heavy (non-hydrogen) atoms. The van der Waals surface area contributed by atoms with Crippen molar-refractivity contribution >= 4 is 11.0 Å². The summed E-state index contributed by atoms with van der Waals surface area (Å²) in [6.45, 7) is 5.57. The lowest BCUT2D eigenvalue weighted by Gasteiger charge is -2.32. The average molecular weight is 311 g/mol. The fourth-order valence-corrected chi connectivity index (χ4v) is 2.75. The number of alkyl halides is 2. The normalized spacial score (nSPS) is 14.2. The van der Waals surface area contributed by atoms with Gasteiger partial charge in [-0.2, -0.15) is 8.78 Å².